The molecular weight excluding hydrogens is 272 g/mol. The highest BCUT2D eigenvalue weighted by Gasteiger charge is 2.12. The largest absolute Gasteiger partial charge is 0.504 e. The lowest BCUT2D eigenvalue weighted by Gasteiger charge is -2.11. The molecule has 110 valence electrons. The van der Waals surface area contributed by atoms with E-state index < -0.39 is 0 Å². The van der Waals surface area contributed by atoms with E-state index >= 15 is 0 Å². The van der Waals surface area contributed by atoms with E-state index in [0.29, 0.717) is 12.8 Å². The minimum Gasteiger partial charge on any atom is -0.504 e. The number of phenols is 2. The number of phenolic OH excluding ortho intramolecular Hbond substituents is 2. The maximum atomic E-state index is 10.3. The Morgan fingerprint density at radius 1 is 0.500 bits per heavy atom. The third kappa shape index (κ3) is 3.12. The van der Waals surface area contributed by atoms with E-state index in [4.69, 9.17) is 0 Å². The lowest BCUT2D eigenvalue weighted by Crippen LogP contribution is -1.93. The third-order valence-electron chi connectivity index (χ3n) is 3.79. The summed E-state index contributed by atoms with van der Waals surface area (Å²) in [6.07, 6.45) is 1.21. The molecule has 2 nitrogen and oxygen atoms in total. The quantitative estimate of drug-likeness (QED) is 0.704. The van der Waals surface area contributed by atoms with E-state index in [0.717, 1.165) is 22.3 Å². The first-order valence-electron chi connectivity index (χ1n) is 7.34. The molecule has 0 saturated carbocycles. The molecule has 0 aromatic heterocycles. The highest BCUT2D eigenvalue weighted by atomic mass is 16.3. The zero-order valence-electron chi connectivity index (χ0n) is 12.2. The predicted octanol–water partition coefficient (Wildman–Crippen LogP) is 4.28. The second kappa shape index (κ2) is 6.35. The van der Waals surface area contributed by atoms with Crippen LogP contribution in [0.15, 0.2) is 72.8 Å². The van der Waals surface area contributed by atoms with Crippen molar-refractivity contribution in [3.63, 3.8) is 0 Å². The van der Waals surface area contributed by atoms with Gasteiger partial charge in [0.05, 0.1) is 0 Å². The topological polar surface area (TPSA) is 40.5 Å². The van der Waals surface area contributed by atoms with Gasteiger partial charge in [0.1, 0.15) is 0 Å². The van der Waals surface area contributed by atoms with E-state index in [1.807, 2.05) is 72.8 Å². The van der Waals surface area contributed by atoms with Crippen molar-refractivity contribution in [2.24, 2.45) is 0 Å². The van der Waals surface area contributed by atoms with Gasteiger partial charge < -0.3 is 10.2 Å². The summed E-state index contributed by atoms with van der Waals surface area (Å²) in [6.45, 7) is 0. The lowest BCUT2D eigenvalue weighted by molar-refractivity contribution is 0.396. The van der Waals surface area contributed by atoms with Crippen molar-refractivity contribution in [1.82, 2.24) is 0 Å². The summed E-state index contributed by atoms with van der Waals surface area (Å²) in [5, 5.41) is 20.5. The Balaban J connectivity index is 1.85. The summed E-state index contributed by atoms with van der Waals surface area (Å²) in [4.78, 5) is 0. The Labute approximate surface area is 130 Å². The molecular formula is C20H18O2. The smallest absolute Gasteiger partial charge is 0.161 e. The lowest BCUT2D eigenvalue weighted by atomic mass is 9.98. The van der Waals surface area contributed by atoms with Gasteiger partial charge in [0.25, 0.3) is 0 Å². The van der Waals surface area contributed by atoms with Crippen molar-refractivity contribution in [3.05, 3.63) is 95.1 Å². The molecule has 3 rings (SSSR count). The fraction of sp³-hybridized carbons (Fsp3) is 0.100. The van der Waals surface area contributed by atoms with Gasteiger partial charge in [-0.25, -0.2) is 0 Å². The molecule has 0 bridgehead atoms. The Bertz CT molecular complexity index is 683. The first-order valence-corrected chi connectivity index (χ1v) is 7.34. The van der Waals surface area contributed by atoms with Crippen LogP contribution in [0, 0.1) is 0 Å². The standard InChI is InChI=1S/C20H18O2/c21-19-17(13-15-7-3-1-4-8-15)11-12-18(20(19)22)14-16-9-5-2-6-10-16/h1-12,21-22H,13-14H2. The van der Waals surface area contributed by atoms with E-state index in [2.05, 4.69) is 0 Å². The molecule has 0 aliphatic carbocycles. The second-order valence-electron chi connectivity index (χ2n) is 5.41. The molecule has 22 heavy (non-hydrogen) atoms. The zero-order chi connectivity index (χ0) is 15.4. The monoisotopic (exact) mass is 290 g/mol. The summed E-state index contributed by atoms with van der Waals surface area (Å²) >= 11 is 0. The minimum atomic E-state index is -0.0164. The van der Waals surface area contributed by atoms with Crippen molar-refractivity contribution in [3.8, 4) is 11.5 Å². The highest BCUT2D eigenvalue weighted by molar-refractivity contribution is 5.52. The van der Waals surface area contributed by atoms with Gasteiger partial charge in [-0.05, 0) is 11.1 Å². The van der Waals surface area contributed by atoms with Crippen LogP contribution in [0.3, 0.4) is 0 Å². The van der Waals surface area contributed by atoms with Crippen molar-refractivity contribution in [2.45, 2.75) is 12.8 Å². The summed E-state index contributed by atoms with van der Waals surface area (Å²) in [7, 11) is 0. The molecule has 3 aromatic rings. The number of rotatable bonds is 4. The molecule has 0 radical (unpaired) electrons. The summed E-state index contributed by atoms with van der Waals surface area (Å²) < 4.78 is 0. The van der Waals surface area contributed by atoms with Crippen LogP contribution in [0.2, 0.25) is 0 Å². The van der Waals surface area contributed by atoms with Gasteiger partial charge in [-0.2, -0.15) is 0 Å². The molecule has 0 atom stereocenters. The van der Waals surface area contributed by atoms with Crippen molar-refractivity contribution in [2.75, 3.05) is 0 Å². The summed E-state index contributed by atoms with van der Waals surface area (Å²) in [5.41, 5.74) is 3.68. The molecule has 0 fully saturated rings. The molecule has 2 N–H and O–H groups in total. The van der Waals surface area contributed by atoms with E-state index in [1.54, 1.807) is 0 Å². The van der Waals surface area contributed by atoms with Crippen LogP contribution in [0.4, 0.5) is 0 Å². The summed E-state index contributed by atoms with van der Waals surface area (Å²) in [6, 6.07) is 23.6. The maximum absolute atomic E-state index is 10.3. The Kier molecular flexibility index (Phi) is 4.10. The average molecular weight is 290 g/mol. The second-order valence-corrected chi connectivity index (χ2v) is 5.41. The van der Waals surface area contributed by atoms with Gasteiger partial charge in [0.2, 0.25) is 0 Å². The number of benzene rings is 3. The average Bonchev–Trinajstić information content (AvgIpc) is 2.56. The van der Waals surface area contributed by atoms with Crippen LogP contribution in [0.1, 0.15) is 22.3 Å². The normalized spacial score (nSPS) is 10.5. The highest BCUT2D eigenvalue weighted by Crippen LogP contribution is 2.35. The number of aromatic hydroxyl groups is 2. The minimum absolute atomic E-state index is 0.0164. The fourth-order valence-corrected chi connectivity index (χ4v) is 2.58. The molecule has 2 heteroatoms. The van der Waals surface area contributed by atoms with Crippen molar-refractivity contribution < 1.29 is 10.2 Å². The third-order valence-corrected chi connectivity index (χ3v) is 3.79. The summed E-state index contributed by atoms with van der Waals surface area (Å²) in [5.74, 6) is -0.0328. The van der Waals surface area contributed by atoms with Crippen LogP contribution in [0.25, 0.3) is 0 Å². The van der Waals surface area contributed by atoms with Gasteiger partial charge in [-0.1, -0.05) is 72.8 Å². The van der Waals surface area contributed by atoms with Gasteiger partial charge in [-0.15, -0.1) is 0 Å². The van der Waals surface area contributed by atoms with Crippen LogP contribution in [-0.4, -0.2) is 10.2 Å². The van der Waals surface area contributed by atoms with E-state index in [-0.39, 0.29) is 11.5 Å². The molecule has 0 unspecified atom stereocenters. The Hall–Kier alpha value is -2.74. The van der Waals surface area contributed by atoms with Crippen LogP contribution in [-0.2, 0) is 12.8 Å². The molecule has 0 heterocycles. The molecule has 0 aliphatic heterocycles. The first kappa shape index (κ1) is 14.2. The van der Waals surface area contributed by atoms with Crippen LogP contribution < -0.4 is 0 Å². The molecule has 0 aliphatic rings. The molecule has 0 saturated heterocycles. The number of hydrogen-bond donors (Lipinski definition) is 2. The van der Waals surface area contributed by atoms with Gasteiger partial charge in [-0.3, -0.25) is 0 Å². The van der Waals surface area contributed by atoms with Crippen LogP contribution >= 0.6 is 0 Å². The van der Waals surface area contributed by atoms with Gasteiger partial charge >= 0.3 is 0 Å². The van der Waals surface area contributed by atoms with Crippen molar-refractivity contribution in [1.29, 1.82) is 0 Å². The van der Waals surface area contributed by atoms with Crippen LogP contribution in [0.5, 0.6) is 11.5 Å². The SMILES string of the molecule is Oc1c(Cc2ccccc2)ccc(Cc2ccccc2)c1O. The first-order chi connectivity index (χ1) is 10.7. The Morgan fingerprint density at radius 3 is 1.23 bits per heavy atom. The molecule has 3 aromatic carbocycles. The maximum Gasteiger partial charge on any atom is 0.161 e. The van der Waals surface area contributed by atoms with E-state index in [1.165, 1.54) is 0 Å². The van der Waals surface area contributed by atoms with Gasteiger partial charge in [0, 0.05) is 24.0 Å². The fourth-order valence-electron chi connectivity index (χ4n) is 2.58. The van der Waals surface area contributed by atoms with Crippen molar-refractivity contribution >= 4 is 0 Å². The van der Waals surface area contributed by atoms with E-state index in [9.17, 15) is 10.2 Å². The zero-order valence-corrected chi connectivity index (χ0v) is 12.2. The molecule has 0 spiro atoms. The number of hydrogen-bond acceptors (Lipinski definition) is 2. The predicted molar refractivity (Wildman–Crippen MR) is 88.3 cm³/mol. The molecule has 0 amide bonds. The Morgan fingerprint density at radius 2 is 0.864 bits per heavy atom. The van der Waals surface area contributed by atoms with Gasteiger partial charge in [0.15, 0.2) is 11.5 Å².